The van der Waals surface area contributed by atoms with E-state index >= 15 is 0 Å². The number of hydrogen-bond donors (Lipinski definition) is 1. The fraction of sp³-hybridized carbons (Fsp3) is 0.375. The average molecular weight is 282 g/mol. The summed E-state index contributed by atoms with van der Waals surface area (Å²) in [6.45, 7) is 1.10. The molecule has 5 nitrogen and oxygen atoms in total. The van der Waals surface area contributed by atoms with Crippen molar-refractivity contribution in [2.75, 3.05) is 6.54 Å². The third-order valence-corrected chi connectivity index (χ3v) is 4.05. The summed E-state index contributed by atoms with van der Waals surface area (Å²) in [4.78, 5) is 9.23. The van der Waals surface area contributed by atoms with Gasteiger partial charge in [-0.3, -0.25) is 0 Å². The number of piperidine rings is 1. The molecular formula is C16H18N4O. The van der Waals surface area contributed by atoms with Crippen LogP contribution in [0.3, 0.4) is 0 Å². The van der Waals surface area contributed by atoms with Crippen LogP contribution in [-0.4, -0.2) is 27.1 Å². The zero-order chi connectivity index (χ0) is 14.1. The van der Waals surface area contributed by atoms with Crippen LogP contribution in [0.2, 0.25) is 0 Å². The molecule has 3 aromatic heterocycles. The van der Waals surface area contributed by atoms with Crippen LogP contribution in [0, 0.1) is 0 Å². The second-order valence-corrected chi connectivity index (χ2v) is 5.51. The van der Waals surface area contributed by atoms with Gasteiger partial charge in [-0.25, -0.2) is 14.5 Å². The molecule has 0 spiro atoms. The quantitative estimate of drug-likeness (QED) is 0.802. The highest BCUT2D eigenvalue weighted by molar-refractivity contribution is 5.73. The number of nitrogens with one attached hydrogen (secondary N) is 1. The molecule has 0 radical (unpaired) electrons. The molecule has 0 bridgehead atoms. The Hall–Kier alpha value is -2.14. The zero-order valence-corrected chi connectivity index (χ0v) is 11.8. The van der Waals surface area contributed by atoms with E-state index in [1.165, 1.54) is 19.3 Å². The molecule has 1 atom stereocenters. The Morgan fingerprint density at radius 1 is 1.29 bits per heavy atom. The third-order valence-electron chi connectivity index (χ3n) is 4.05. The summed E-state index contributed by atoms with van der Waals surface area (Å²) >= 11 is 0. The largest absolute Gasteiger partial charge is 0.448 e. The second-order valence-electron chi connectivity index (χ2n) is 5.51. The van der Waals surface area contributed by atoms with E-state index in [0.717, 1.165) is 35.8 Å². The molecule has 1 aliphatic heterocycles. The normalized spacial score (nSPS) is 19.1. The third kappa shape index (κ3) is 2.34. The van der Waals surface area contributed by atoms with Gasteiger partial charge in [-0.15, -0.1) is 0 Å². The molecule has 21 heavy (non-hydrogen) atoms. The molecule has 1 saturated heterocycles. The van der Waals surface area contributed by atoms with E-state index in [1.807, 2.05) is 28.8 Å². The Kier molecular flexibility index (Phi) is 3.20. The van der Waals surface area contributed by atoms with Crippen molar-refractivity contribution in [3.8, 4) is 5.88 Å². The first-order valence-corrected chi connectivity index (χ1v) is 7.51. The van der Waals surface area contributed by atoms with Crippen molar-refractivity contribution in [2.24, 2.45) is 0 Å². The molecule has 108 valence electrons. The van der Waals surface area contributed by atoms with E-state index < -0.39 is 0 Å². The lowest BCUT2D eigenvalue weighted by atomic mass is 10.0. The summed E-state index contributed by atoms with van der Waals surface area (Å²) in [5, 5.41) is 3.58. The van der Waals surface area contributed by atoms with E-state index in [0.29, 0.717) is 6.04 Å². The van der Waals surface area contributed by atoms with Crippen LogP contribution in [0.4, 0.5) is 0 Å². The van der Waals surface area contributed by atoms with Gasteiger partial charge in [0, 0.05) is 24.7 Å². The SMILES string of the molecule is c1coc(-n2c(CC3CCCCN3)nc3cccnc32)c1. The Morgan fingerprint density at radius 3 is 3.10 bits per heavy atom. The van der Waals surface area contributed by atoms with Crippen LogP contribution in [0.1, 0.15) is 25.1 Å². The van der Waals surface area contributed by atoms with Crippen molar-refractivity contribution in [3.05, 3.63) is 42.5 Å². The highest BCUT2D eigenvalue weighted by atomic mass is 16.3. The van der Waals surface area contributed by atoms with Crippen molar-refractivity contribution in [1.82, 2.24) is 19.9 Å². The van der Waals surface area contributed by atoms with Crippen molar-refractivity contribution in [3.63, 3.8) is 0 Å². The first kappa shape index (κ1) is 12.6. The Labute approximate surface area is 123 Å². The molecule has 5 heteroatoms. The average Bonchev–Trinajstić information content (AvgIpc) is 3.14. The maximum absolute atomic E-state index is 5.58. The maximum atomic E-state index is 5.58. The van der Waals surface area contributed by atoms with Gasteiger partial charge >= 0.3 is 0 Å². The summed E-state index contributed by atoms with van der Waals surface area (Å²) in [5.41, 5.74) is 1.78. The number of rotatable bonds is 3. The van der Waals surface area contributed by atoms with Crippen molar-refractivity contribution >= 4 is 11.2 Å². The molecule has 0 amide bonds. The second kappa shape index (κ2) is 5.33. The molecule has 4 heterocycles. The number of pyridine rings is 1. The molecule has 1 fully saturated rings. The van der Waals surface area contributed by atoms with Crippen LogP contribution < -0.4 is 5.32 Å². The monoisotopic (exact) mass is 282 g/mol. The summed E-state index contributed by atoms with van der Waals surface area (Å²) in [6.07, 6.45) is 8.15. The van der Waals surface area contributed by atoms with E-state index in [2.05, 4.69) is 10.3 Å². The topological polar surface area (TPSA) is 55.9 Å². The number of nitrogens with zero attached hydrogens (tertiary/aromatic N) is 3. The van der Waals surface area contributed by atoms with Crippen LogP contribution >= 0.6 is 0 Å². The standard InChI is InChI=1S/C16H18N4O/c1-2-8-17-12(5-1)11-14-19-13-6-3-9-18-16(13)20(14)15-7-4-10-21-15/h3-4,6-7,9-10,12,17H,1-2,5,8,11H2. The highest BCUT2D eigenvalue weighted by Gasteiger charge is 2.20. The minimum atomic E-state index is 0.490. The van der Waals surface area contributed by atoms with Gasteiger partial charge < -0.3 is 9.73 Å². The molecule has 0 aliphatic carbocycles. The van der Waals surface area contributed by atoms with E-state index in [-0.39, 0.29) is 0 Å². The molecule has 4 rings (SSSR count). The van der Waals surface area contributed by atoms with Gasteiger partial charge in [-0.05, 0) is 37.6 Å². The molecule has 1 unspecified atom stereocenters. The first-order valence-electron chi connectivity index (χ1n) is 7.51. The number of hydrogen-bond acceptors (Lipinski definition) is 4. The smallest absolute Gasteiger partial charge is 0.206 e. The maximum Gasteiger partial charge on any atom is 0.206 e. The minimum absolute atomic E-state index is 0.490. The van der Waals surface area contributed by atoms with E-state index in [1.54, 1.807) is 12.5 Å². The summed E-state index contributed by atoms with van der Waals surface area (Å²) in [6, 6.07) is 8.26. The number of imidazole rings is 1. The van der Waals surface area contributed by atoms with Gasteiger partial charge in [0.1, 0.15) is 11.3 Å². The van der Waals surface area contributed by atoms with Gasteiger partial charge in [0.2, 0.25) is 5.88 Å². The molecule has 0 saturated carbocycles. The predicted molar refractivity (Wildman–Crippen MR) is 80.5 cm³/mol. The van der Waals surface area contributed by atoms with Gasteiger partial charge in [-0.2, -0.15) is 0 Å². The van der Waals surface area contributed by atoms with E-state index in [4.69, 9.17) is 9.40 Å². The molecule has 3 aromatic rings. The van der Waals surface area contributed by atoms with Crippen LogP contribution in [-0.2, 0) is 6.42 Å². The molecule has 1 N–H and O–H groups in total. The van der Waals surface area contributed by atoms with E-state index in [9.17, 15) is 0 Å². The summed E-state index contributed by atoms with van der Waals surface area (Å²) in [5.74, 6) is 1.79. The van der Waals surface area contributed by atoms with Gasteiger partial charge in [0.05, 0.1) is 6.26 Å². The fourth-order valence-electron chi connectivity index (χ4n) is 3.04. The molecular weight excluding hydrogens is 264 g/mol. The van der Waals surface area contributed by atoms with Crippen LogP contribution in [0.5, 0.6) is 0 Å². The lowest BCUT2D eigenvalue weighted by molar-refractivity contribution is 0.392. The Bertz CT molecular complexity index is 726. The van der Waals surface area contributed by atoms with Crippen molar-refractivity contribution < 1.29 is 4.42 Å². The first-order chi connectivity index (χ1) is 10.4. The van der Waals surface area contributed by atoms with Gasteiger partial charge in [0.25, 0.3) is 0 Å². The van der Waals surface area contributed by atoms with Crippen molar-refractivity contribution in [2.45, 2.75) is 31.7 Å². The lowest BCUT2D eigenvalue weighted by Crippen LogP contribution is -2.36. The predicted octanol–water partition coefficient (Wildman–Crippen LogP) is 2.70. The number of fused-ring (bicyclic) bond motifs is 1. The zero-order valence-electron chi connectivity index (χ0n) is 11.8. The number of aromatic nitrogens is 3. The summed E-state index contributed by atoms with van der Waals surface area (Å²) in [7, 11) is 0. The fourth-order valence-corrected chi connectivity index (χ4v) is 3.04. The Morgan fingerprint density at radius 2 is 2.29 bits per heavy atom. The number of furan rings is 1. The van der Waals surface area contributed by atoms with Gasteiger partial charge in [0.15, 0.2) is 5.65 Å². The Balaban J connectivity index is 1.78. The van der Waals surface area contributed by atoms with Crippen molar-refractivity contribution in [1.29, 1.82) is 0 Å². The molecule has 1 aliphatic rings. The summed E-state index contributed by atoms with van der Waals surface area (Å²) < 4.78 is 7.61. The van der Waals surface area contributed by atoms with Gasteiger partial charge in [-0.1, -0.05) is 6.42 Å². The highest BCUT2D eigenvalue weighted by Crippen LogP contribution is 2.22. The minimum Gasteiger partial charge on any atom is -0.448 e. The lowest BCUT2D eigenvalue weighted by Gasteiger charge is -2.23. The van der Waals surface area contributed by atoms with Crippen LogP contribution in [0.15, 0.2) is 41.1 Å². The molecule has 0 aromatic carbocycles. The van der Waals surface area contributed by atoms with Crippen LogP contribution in [0.25, 0.3) is 17.0 Å².